The lowest BCUT2D eigenvalue weighted by atomic mass is 9.78. The van der Waals surface area contributed by atoms with Crippen LogP contribution in [0, 0.1) is 11.8 Å². The lowest BCUT2D eigenvalue weighted by Gasteiger charge is -2.34. The van der Waals surface area contributed by atoms with Crippen LogP contribution in [0.4, 0.5) is 0 Å². The molecule has 122 valence electrons. The van der Waals surface area contributed by atoms with Gasteiger partial charge in [0.15, 0.2) is 0 Å². The molecule has 0 aromatic heterocycles. The molecule has 3 aliphatic heterocycles. The van der Waals surface area contributed by atoms with Gasteiger partial charge in [-0.2, -0.15) is 0 Å². The third-order valence-electron chi connectivity index (χ3n) is 5.34. The highest BCUT2D eigenvalue weighted by Gasteiger charge is 2.56. The minimum absolute atomic E-state index is 0.0878. The van der Waals surface area contributed by atoms with Crippen LogP contribution in [-0.2, 0) is 27.3 Å². The molecule has 4 atom stereocenters. The molecule has 0 aliphatic carbocycles. The number of carboxylic acids is 1. The molecule has 6 heteroatoms. The normalized spacial score (nSPS) is 32.0. The van der Waals surface area contributed by atoms with Gasteiger partial charge in [-0.3, -0.25) is 9.59 Å². The van der Waals surface area contributed by atoms with Crippen molar-refractivity contribution in [3.63, 3.8) is 0 Å². The van der Waals surface area contributed by atoms with Crippen molar-refractivity contribution in [2.24, 2.45) is 11.8 Å². The molecule has 3 heterocycles. The van der Waals surface area contributed by atoms with E-state index >= 15 is 0 Å². The van der Waals surface area contributed by atoms with Gasteiger partial charge in [0.2, 0.25) is 5.91 Å². The summed E-state index contributed by atoms with van der Waals surface area (Å²) in [6, 6.07) is 5.75. The summed E-state index contributed by atoms with van der Waals surface area (Å²) in [6.07, 6.45) is 1.75. The second kappa shape index (κ2) is 5.49. The van der Waals surface area contributed by atoms with E-state index in [0.717, 1.165) is 24.8 Å². The summed E-state index contributed by atoms with van der Waals surface area (Å²) in [5.41, 5.74) is 2.26. The van der Waals surface area contributed by atoms with Crippen molar-refractivity contribution in [2.45, 2.75) is 38.0 Å². The predicted molar refractivity (Wildman–Crippen MR) is 83.1 cm³/mol. The molecule has 23 heavy (non-hydrogen) atoms. The van der Waals surface area contributed by atoms with Crippen LogP contribution < -0.4 is 0 Å². The molecule has 2 fully saturated rings. The van der Waals surface area contributed by atoms with Crippen molar-refractivity contribution in [3.8, 4) is 0 Å². The second-order valence-electron chi connectivity index (χ2n) is 6.60. The molecule has 1 N–H and O–H groups in total. The Morgan fingerprint density at radius 2 is 1.91 bits per heavy atom. The number of fused-ring (bicyclic) bond motifs is 3. The number of amides is 1. The van der Waals surface area contributed by atoms with Gasteiger partial charge in [-0.05, 0) is 42.5 Å². The molecule has 1 aromatic rings. The quantitative estimate of drug-likeness (QED) is 0.898. The van der Waals surface area contributed by atoms with Gasteiger partial charge < -0.3 is 14.7 Å². The van der Waals surface area contributed by atoms with E-state index in [-0.39, 0.29) is 18.1 Å². The average molecular weight is 336 g/mol. The van der Waals surface area contributed by atoms with Crippen molar-refractivity contribution in [1.82, 2.24) is 4.90 Å². The Morgan fingerprint density at radius 3 is 2.65 bits per heavy atom. The maximum atomic E-state index is 12.9. The standard InChI is InChI=1S/C17H18ClNO4/c18-11-2-1-9-5-6-19(8-10(9)7-11)16(20)14-12-3-4-13(23-12)15(14)17(21)22/h1-2,7,12-15H,3-6,8H2,(H,21,22)/t12-,13+,14-,15+/m1/s1. The third kappa shape index (κ3) is 2.42. The lowest BCUT2D eigenvalue weighted by Crippen LogP contribution is -2.47. The molecule has 0 unspecified atom stereocenters. The smallest absolute Gasteiger partial charge is 0.310 e. The van der Waals surface area contributed by atoms with Crippen LogP contribution in [0.3, 0.4) is 0 Å². The fourth-order valence-electron chi connectivity index (χ4n) is 4.23. The van der Waals surface area contributed by atoms with Gasteiger partial charge in [0.1, 0.15) is 0 Å². The second-order valence-corrected chi connectivity index (χ2v) is 7.04. The molecule has 0 spiro atoms. The van der Waals surface area contributed by atoms with Gasteiger partial charge in [-0.25, -0.2) is 0 Å². The zero-order valence-corrected chi connectivity index (χ0v) is 13.3. The Kier molecular flexibility index (Phi) is 3.58. The number of nitrogens with zero attached hydrogens (tertiary/aromatic N) is 1. The van der Waals surface area contributed by atoms with Crippen LogP contribution in [0.5, 0.6) is 0 Å². The Hall–Kier alpha value is -1.59. The van der Waals surface area contributed by atoms with E-state index in [9.17, 15) is 14.7 Å². The number of carbonyl (C=O) groups excluding carboxylic acids is 1. The fourth-order valence-corrected chi connectivity index (χ4v) is 4.42. The average Bonchev–Trinajstić information content (AvgIpc) is 3.14. The number of aliphatic carboxylic acids is 1. The molecule has 0 saturated carbocycles. The molecule has 1 aromatic carbocycles. The number of halogens is 1. The molecule has 0 radical (unpaired) electrons. The van der Waals surface area contributed by atoms with Crippen LogP contribution >= 0.6 is 11.6 Å². The maximum Gasteiger partial charge on any atom is 0.310 e. The summed E-state index contributed by atoms with van der Waals surface area (Å²) >= 11 is 6.05. The molecular formula is C17H18ClNO4. The Balaban J connectivity index is 1.57. The number of carboxylic acid groups (broad SMARTS) is 1. The molecule has 2 bridgehead atoms. The number of benzene rings is 1. The van der Waals surface area contributed by atoms with Crippen LogP contribution in [0.25, 0.3) is 0 Å². The van der Waals surface area contributed by atoms with Crippen LogP contribution in [0.1, 0.15) is 24.0 Å². The van der Waals surface area contributed by atoms with Crippen molar-refractivity contribution in [2.75, 3.05) is 6.54 Å². The Bertz CT molecular complexity index is 677. The van der Waals surface area contributed by atoms with Crippen LogP contribution in [0.2, 0.25) is 5.02 Å². The zero-order chi connectivity index (χ0) is 16.1. The summed E-state index contributed by atoms with van der Waals surface area (Å²) in [6.45, 7) is 1.11. The van der Waals surface area contributed by atoms with Gasteiger partial charge in [0.25, 0.3) is 0 Å². The summed E-state index contributed by atoms with van der Waals surface area (Å²) < 4.78 is 5.71. The third-order valence-corrected chi connectivity index (χ3v) is 5.57. The van der Waals surface area contributed by atoms with Crippen LogP contribution in [-0.4, -0.2) is 40.6 Å². The molecular weight excluding hydrogens is 318 g/mol. The largest absolute Gasteiger partial charge is 0.481 e. The fraction of sp³-hybridized carbons (Fsp3) is 0.529. The number of hydrogen-bond donors (Lipinski definition) is 1. The molecule has 3 aliphatic rings. The zero-order valence-electron chi connectivity index (χ0n) is 12.6. The summed E-state index contributed by atoms with van der Waals surface area (Å²) in [7, 11) is 0. The van der Waals surface area contributed by atoms with E-state index in [2.05, 4.69) is 0 Å². The molecule has 1 amide bonds. The molecule has 4 rings (SSSR count). The summed E-state index contributed by atoms with van der Waals surface area (Å²) in [4.78, 5) is 26.3. The highest BCUT2D eigenvalue weighted by atomic mass is 35.5. The first kappa shape index (κ1) is 15.0. The number of carbonyl (C=O) groups is 2. The van der Waals surface area contributed by atoms with E-state index < -0.39 is 17.8 Å². The minimum Gasteiger partial charge on any atom is -0.481 e. The van der Waals surface area contributed by atoms with E-state index in [4.69, 9.17) is 16.3 Å². The van der Waals surface area contributed by atoms with Crippen molar-refractivity contribution in [1.29, 1.82) is 0 Å². The van der Waals surface area contributed by atoms with Crippen LogP contribution in [0.15, 0.2) is 18.2 Å². The summed E-state index contributed by atoms with van der Waals surface area (Å²) in [5.74, 6) is -2.26. The first-order valence-electron chi connectivity index (χ1n) is 7.99. The number of rotatable bonds is 2. The van der Waals surface area contributed by atoms with E-state index in [1.54, 1.807) is 4.90 Å². The van der Waals surface area contributed by atoms with Gasteiger partial charge in [-0.15, -0.1) is 0 Å². The first-order valence-corrected chi connectivity index (χ1v) is 8.37. The Morgan fingerprint density at radius 1 is 1.17 bits per heavy atom. The minimum atomic E-state index is -0.920. The molecule has 2 saturated heterocycles. The SMILES string of the molecule is O=C(O)[C@@H]1[C@H](C(=O)N2CCc3ccc(Cl)cc3C2)[C@H]2CC[C@@H]1O2. The number of ether oxygens (including phenoxy) is 1. The van der Waals surface area contributed by atoms with Crippen molar-refractivity contribution < 1.29 is 19.4 Å². The van der Waals surface area contributed by atoms with E-state index in [1.807, 2.05) is 18.2 Å². The lowest BCUT2D eigenvalue weighted by molar-refractivity contribution is -0.151. The first-order chi connectivity index (χ1) is 11.0. The van der Waals surface area contributed by atoms with Gasteiger partial charge in [0.05, 0.1) is 24.0 Å². The Labute approximate surface area is 139 Å². The van der Waals surface area contributed by atoms with E-state index in [1.165, 1.54) is 5.56 Å². The summed E-state index contributed by atoms with van der Waals surface area (Å²) in [5, 5.41) is 10.1. The number of hydrogen-bond acceptors (Lipinski definition) is 3. The monoisotopic (exact) mass is 335 g/mol. The van der Waals surface area contributed by atoms with E-state index in [0.29, 0.717) is 18.1 Å². The highest BCUT2D eigenvalue weighted by molar-refractivity contribution is 6.30. The maximum absolute atomic E-state index is 12.9. The van der Waals surface area contributed by atoms with Gasteiger partial charge in [-0.1, -0.05) is 17.7 Å². The molecule has 5 nitrogen and oxygen atoms in total. The van der Waals surface area contributed by atoms with Gasteiger partial charge in [0, 0.05) is 18.1 Å². The van der Waals surface area contributed by atoms with Gasteiger partial charge >= 0.3 is 5.97 Å². The predicted octanol–water partition coefficient (Wildman–Crippen LogP) is 2.10. The topological polar surface area (TPSA) is 66.8 Å². The van der Waals surface area contributed by atoms with Crippen molar-refractivity contribution >= 4 is 23.5 Å². The highest BCUT2D eigenvalue weighted by Crippen LogP contribution is 2.44. The van der Waals surface area contributed by atoms with Crippen molar-refractivity contribution in [3.05, 3.63) is 34.3 Å².